The molecule has 0 unspecified atom stereocenters. The van der Waals surface area contributed by atoms with Gasteiger partial charge in [-0.3, -0.25) is 0 Å². The summed E-state index contributed by atoms with van der Waals surface area (Å²) in [4.78, 5) is 0. The second kappa shape index (κ2) is 7.19. The van der Waals surface area contributed by atoms with Crippen molar-refractivity contribution in [2.75, 3.05) is 13.2 Å². The number of hydrogen-bond donors (Lipinski definition) is 1. The molecule has 0 atom stereocenters. The predicted molar refractivity (Wildman–Crippen MR) is 24.0 cm³/mol. The van der Waals surface area contributed by atoms with Gasteiger partial charge in [0, 0.05) is 6.54 Å². The third kappa shape index (κ3) is 10.3. The molecule has 0 spiro atoms. The van der Waals surface area contributed by atoms with Crippen LogP contribution in [0.4, 0.5) is 0 Å². The molecule has 0 aromatic heterocycles. The van der Waals surface area contributed by atoms with Gasteiger partial charge in [-0.25, -0.2) is 0 Å². The third-order valence-corrected chi connectivity index (χ3v) is 6.06. The first-order valence-corrected chi connectivity index (χ1v) is 9.20. The highest BCUT2D eigenvalue weighted by molar-refractivity contribution is 6.52. The van der Waals surface area contributed by atoms with Gasteiger partial charge in [0.2, 0.25) is 0 Å². The van der Waals surface area contributed by atoms with Gasteiger partial charge in [-0.05, 0) is 0 Å². The maximum atomic E-state index is 10.3. The topological polar surface area (TPSA) is 270 Å². The van der Waals surface area contributed by atoms with Crippen molar-refractivity contribution in [2.24, 2.45) is 5.73 Å². The van der Waals surface area contributed by atoms with Crippen molar-refractivity contribution in [3.8, 4) is 0 Å². The highest BCUT2D eigenvalue weighted by atomic mass is 35.7. The summed E-state index contributed by atoms with van der Waals surface area (Å²) in [5.74, 6) is 0. The van der Waals surface area contributed by atoms with Crippen LogP contribution in [0.25, 0.3) is 0 Å². The smallest absolute Gasteiger partial charge is 0.328 e. The zero-order valence-corrected chi connectivity index (χ0v) is 12.2. The van der Waals surface area contributed by atoms with Gasteiger partial charge >= 0.3 is 9.05 Å². The lowest BCUT2D eigenvalue weighted by Crippen LogP contribution is -2.77. The Hall–Kier alpha value is 0.527. The van der Waals surface area contributed by atoms with Crippen LogP contribution in [0, 0.1) is 30.7 Å². The largest absolute Gasteiger partial charge is 1.17 e. The highest BCUT2D eigenvalue weighted by Crippen LogP contribution is 2.20. The van der Waals surface area contributed by atoms with Crippen molar-refractivity contribution >= 4 is 9.05 Å². The van der Waals surface area contributed by atoms with Crippen LogP contribution in [0.5, 0.6) is 0 Å². The number of halogens is 3. The molecule has 0 fully saturated rings. The first-order chi connectivity index (χ1) is 8.68. The summed E-state index contributed by atoms with van der Waals surface area (Å²) in [6.07, 6.45) is 0. The standard InChI is InChI=1S/C2H6Cl3NO13Si/c6-1-2-16-20(17-3(7,8)9,18-4(10,11)12)19-5(13,14)15/h1-2,6H2. The molecule has 14 nitrogen and oxygen atoms in total. The van der Waals surface area contributed by atoms with E-state index in [4.69, 9.17) is 5.73 Å². The van der Waals surface area contributed by atoms with Gasteiger partial charge in [0.05, 0.1) is 37.3 Å². The second-order valence-electron chi connectivity index (χ2n) is 2.50. The third-order valence-electron chi connectivity index (χ3n) is 0.964. The maximum absolute atomic E-state index is 10.3. The Labute approximate surface area is 117 Å². The molecule has 0 aliphatic carbocycles. The zero-order chi connectivity index (χ0) is 16.2. The van der Waals surface area contributed by atoms with E-state index in [1.165, 1.54) is 0 Å². The average Bonchev–Trinajstić information content (AvgIpc) is 2.05. The van der Waals surface area contributed by atoms with Crippen LogP contribution >= 0.6 is 0 Å². The normalized spacial score (nSPS) is 14.7. The monoisotopic (exact) mass is 385 g/mol. The summed E-state index contributed by atoms with van der Waals surface area (Å²) >= 11 is 0. The van der Waals surface area contributed by atoms with Crippen molar-refractivity contribution in [2.45, 2.75) is 0 Å². The predicted octanol–water partition coefficient (Wildman–Crippen LogP) is -11.9. The van der Waals surface area contributed by atoms with Crippen molar-refractivity contribution in [1.29, 1.82) is 0 Å². The van der Waals surface area contributed by atoms with Crippen molar-refractivity contribution < 1.29 is 89.0 Å². The molecular formula is C2H6Cl3NO13Si. The fourth-order valence-corrected chi connectivity index (χ4v) is 5.24. The summed E-state index contributed by atoms with van der Waals surface area (Å²) in [6.45, 7) is -1.39. The van der Waals surface area contributed by atoms with Gasteiger partial charge in [0.15, 0.2) is 0 Å². The van der Waals surface area contributed by atoms with Gasteiger partial charge in [-0.1, -0.05) is 0 Å². The van der Waals surface area contributed by atoms with E-state index >= 15 is 0 Å². The minimum atomic E-state index is -6.04. The Morgan fingerprint density at radius 1 is 0.700 bits per heavy atom. The van der Waals surface area contributed by atoms with E-state index in [9.17, 15) is 41.9 Å². The Bertz CT molecular complexity index is 255. The molecule has 0 bridgehead atoms. The van der Waals surface area contributed by atoms with Gasteiger partial charge in [-0.15, -0.1) is 0 Å². The molecule has 0 aromatic rings. The Balaban J connectivity index is 5.38. The van der Waals surface area contributed by atoms with Crippen molar-refractivity contribution in [3.63, 3.8) is 0 Å². The zero-order valence-electron chi connectivity index (χ0n) is 8.93. The van der Waals surface area contributed by atoms with Crippen LogP contribution < -0.4 is 47.7 Å². The minimum absolute atomic E-state index is 0.508. The molecule has 18 heteroatoms. The molecule has 0 saturated heterocycles. The molecule has 0 heterocycles. The van der Waals surface area contributed by atoms with E-state index in [2.05, 4.69) is 16.4 Å². The van der Waals surface area contributed by atoms with E-state index < -0.39 is 52.9 Å². The van der Waals surface area contributed by atoms with E-state index in [-0.39, 0.29) is 0 Å². The lowest BCUT2D eigenvalue weighted by atomic mass is 10.8. The molecule has 122 valence electrons. The fourth-order valence-electron chi connectivity index (χ4n) is 0.634. The van der Waals surface area contributed by atoms with Crippen LogP contribution in [-0.2, 0) is 16.4 Å². The molecule has 0 aliphatic rings. The minimum Gasteiger partial charge on any atom is -0.328 e. The molecular weight excluding hydrogens is 380 g/mol. The van der Waals surface area contributed by atoms with E-state index in [1.807, 2.05) is 0 Å². The first-order valence-electron chi connectivity index (χ1n) is 3.87. The van der Waals surface area contributed by atoms with E-state index in [0.717, 1.165) is 0 Å². The van der Waals surface area contributed by atoms with Crippen molar-refractivity contribution in [3.05, 3.63) is 0 Å². The number of hydrogen-bond acceptors (Lipinski definition) is 14. The van der Waals surface area contributed by atoms with Gasteiger partial charge in [0.25, 0.3) is 0 Å². The second-order valence-corrected chi connectivity index (χ2v) is 7.91. The molecule has 0 aromatic carbocycles. The van der Waals surface area contributed by atoms with Crippen LogP contribution in [0.2, 0.25) is 0 Å². The van der Waals surface area contributed by atoms with Crippen LogP contribution in [0.15, 0.2) is 0 Å². The lowest BCUT2D eigenvalue weighted by molar-refractivity contribution is -1.93. The fraction of sp³-hybridized carbons (Fsp3) is 1.00. The molecule has 0 aliphatic heterocycles. The van der Waals surface area contributed by atoms with Crippen molar-refractivity contribution in [1.82, 2.24) is 0 Å². The van der Waals surface area contributed by atoms with E-state index in [1.54, 1.807) is 0 Å². The SMILES string of the molecule is NCCO[Si](O[Cl+3]([O-])([O-])[O-])(O[Cl+3]([O-])([O-])[O-])O[Cl+3]([O-])([O-])[O-]. The molecule has 0 amide bonds. The average molecular weight is 387 g/mol. The molecule has 0 saturated carbocycles. The summed E-state index contributed by atoms with van der Waals surface area (Å²) in [5, 5.41) is 0. The molecule has 0 radical (unpaired) electrons. The number of rotatable bonds is 9. The van der Waals surface area contributed by atoms with Crippen LogP contribution in [0.1, 0.15) is 0 Å². The summed E-state index contributed by atoms with van der Waals surface area (Å²) in [7, 11) is -22.8. The maximum Gasteiger partial charge on any atom is 1.17 e. The Morgan fingerprint density at radius 2 is 1.00 bits per heavy atom. The Morgan fingerprint density at radius 3 is 1.20 bits per heavy atom. The summed E-state index contributed by atoms with van der Waals surface area (Å²) in [6, 6.07) is 0. The highest BCUT2D eigenvalue weighted by Gasteiger charge is 2.89. The molecule has 20 heavy (non-hydrogen) atoms. The first kappa shape index (κ1) is 20.5. The summed E-state index contributed by atoms with van der Waals surface area (Å²) in [5.41, 5.74) is 4.87. The molecule has 0 rings (SSSR count). The number of nitrogens with two attached hydrogens (primary N) is 1. The quantitative estimate of drug-likeness (QED) is 0.360. The summed E-state index contributed by atoms with van der Waals surface area (Å²) < 4.78 is 107. The van der Waals surface area contributed by atoms with Gasteiger partial charge in [-0.2, -0.15) is 41.9 Å². The van der Waals surface area contributed by atoms with Gasteiger partial charge in [0.1, 0.15) is 11.9 Å². The van der Waals surface area contributed by atoms with Gasteiger partial charge < -0.3 is 10.2 Å². The lowest BCUT2D eigenvalue weighted by Gasteiger charge is -2.22. The van der Waals surface area contributed by atoms with Crippen LogP contribution in [-0.4, -0.2) is 22.2 Å². The van der Waals surface area contributed by atoms with E-state index in [0.29, 0.717) is 0 Å². The van der Waals surface area contributed by atoms with Crippen LogP contribution in [0.3, 0.4) is 0 Å². The molecule has 2 N–H and O–H groups in total. The Kier molecular flexibility index (Phi) is 7.38.